The molecule has 0 fully saturated rings. The fraction of sp³-hybridized carbons (Fsp3) is 0.308. The van der Waals surface area contributed by atoms with Gasteiger partial charge in [0.2, 0.25) is 0 Å². The van der Waals surface area contributed by atoms with Crippen molar-refractivity contribution in [1.29, 1.82) is 0 Å². The summed E-state index contributed by atoms with van der Waals surface area (Å²) in [6.45, 7) is 4.10. The zero-order chi connectivity index (χ0) is 13.5. The monoisotopic (exact) mass is 313 g/mol. The van der Waals surface area contributed by atoms with E-state index in [-0.39, 0.29) is 0 Å². The van der Waals surface area contributed by atoms with Crippen LogP contribution in [0, 0.1) is 0 Å². The van der Waals surface area contributed by atoms with E-state index in [1.165, 1.54) is 7.11 Å². The predicted molar refractivity (Wildman–Crippen MR) is 73.7 cm³/mol. The first-order valence-electron chi connectivity index (χ1n) is 5.41. The average Bonchev–Trinajstić information content (AvgIpc) is 2.36. The molecule has 4 nitrogen and oxygen atoms in total. The van der Waals surface area contributed by atoms with Crippen LogP contribution in [0.15, 0.2) is 35.3 Å². The molecule has 0 aliphatic carbocycles. The van der Waals surface area contributed by atoms with Crippen molar-refractivity contribution in [3.8, 4) is 5.75 Å². The number of hydrogen-bond acceptors (Lipinski definition) is 4. The molecule has 1 aromatic carbocycles. The highest BCUT2D eigenvalue weighted by Gasteiger charge is 2.13. The fourth-order valence-electron chi connectivity index (χ4n) is 1.37. The van der Waals surface area contributed by atoms with Crippen LogP contribution in [0.2, 0.25) is 0 Å². The summed E-state index contributed by atoms with van der Waals surface area (Å²) in [5.41, 5.74) is 6.63. The van der Waals surface area contributed by atoms with Gasteiger partial charge in [0.25, 0.3) is 0 Å². The second-order valence-corrected chi connectivity index (χ2v) is 4.91. The number of ether oxygens (including phenoxy) is 2. The molecule has 0 saturated heterocycles. The number of carbonyl (C=O) groups is 1. The van der Waals surface area contributed by atoms with E-state index in [1.807, 2.05) is 24.3 Å². The van der Waals surface area contributed by atoms with E-state index < -0.39 is 12.0 Å². The van der Waals surface area contributed by atoms with E-state index in [9.17, 15) is 4.79 Å². The Morgan fingerprint density at radius 2 is 2.06 bits per heavy atom. The van der Waals surface area contributed by atoms with Crippen LogP contribution in [0.1, 0.15) is 5.56 Å². The van der Waals surface area contributed by atoms with Crippen molar-refractivity contribution < 1.29 is 14.3 Å². The highest BCUT2D eigenvalue weighted by Crippen LogP contribution is 2.15. The third-order valence-corrected chi connectivity index (χ3v) is 2.51. The highest BCUT2D eigenvalue weighted by molar-refractivity contribution is 9.11. The van der Waals surface area contributed by atoms with Crippen LogP contribution in [-0.4, -0.2) is 25.7 Å². The summed E-state index contributed by atoms with van der Waals surface area (Å²) in [4.78, 5) is 11.2. The van der Waals surface area contributed by atoms with Crippen LogP contribution in [0.4, 0.5) is 0 Å². The second kappa shape index (κ2) is 7.18. The van der Waals surface area contributed by atoms with Gasteiger partial charge in [-0.05, 0) is 24.1 Å². The van der Waals surface area contributed by atoms with Crippen molar-refractivity contribution in [2.45, 2.75) is 12.5 Å². The SMILES string of the molecule is C=C(Br)COc1ccc(CC(N)C(=O)OC)cc1. The minimum absolute atomic E-state index is 0.411. The maximum absolute atomic E-state index is 11.2. The Bertz CT molecular complexity index is 417. The molecule has 1 rings (SSSR count). The molecule has 2 N–H and O–H groups in total. The molecular formula is C13H16BrNO3. The predicted octanol–water partition coefficient (Wildman–Crippen LogP) is 2.02. The van der Waals surface area contributed by atoms with Crippen molar-refractivity contribution in [2.75, 3.05) is 13.7 Å². The van der Waals surface area contributed by atoms with Gasteiger partial charge in [-0.2, -0.15) is 0 Å². The maximum Gasteiger partial charge on any atom is 0.322 e. The summed E-state index contributed by atoms with van der Waals surface area (Å²) < 4.78 is 10.8. The molecule has 0 heterocycles. The van der Waals surface area contributed by atoms with Crippen LogP contribution >= 0.6 is 15.9 Å². The molecule has 1 unspecified atom stereocenters. The van der Waals surface area contributed by atoms with E-state index in [4.69, 9.17) is 10.5 Å². The van der Waals surface area contributed by atoms with Crippen LogP contribution in [0.3, 0.4) is 0 Å². The number of carbonyl (C=O) groups excluding carboxylic acids is 1. The lowest BCUT2D eigenvalue weighted by molar-refractivity contribution is -0.142. The number of halogens is 1. The first-order valence-corrected chi connectivity index (χ1v) is 6.20. The molecule has 98 valence electrons. The Hall–Kier alpha value is -1.33. The van der Waals surface area contributed by atoms with E-state index >= 15 is 0 Å². The van der Waals surface area contributed by atoms with Gasteiger partial charge in [0.15, 0.2) is 0 Å². The zero-order valence-electron chi connectivity index (χ0n) is 10.2. The zero-order valence-corrected chi connectivity index (χ0v) is 11.8. The number of rotatable bonds is 6. The molecule has 0 bridgehead atoms. The summed E-state index contributed by atoms with van der Waals surface area (Å²) >= 11 is 3.22. The largest absolute Gasteiger partial charge is 0.488 e. The first kappa shape index (κ1) is 14.7. The molecule has 0 spiro atoms. The van der Waals surface area contributed by atoms with Crippen molar-refractivity contribution in [3.63, 3.8) is 0 Å². The smallest absolute Gasteiger partial charge is 0.322 e. The summed E-state index contributed by atoms with van der Waals surface area (Å²) in [5, 5.41) is 0. The summed E-state index contributed by atoms with van der Waals surface area (Å²) in [7, 11) is 1.33. The lowest BCUT2D eigenvalue weighted by Gasteiger charge is -2.10. The van der Waals surface area contributed by atoms with Gasteiger partial charge in [-0.1, -0.05) is 34.6 Å². The molecule has 1 aromatic rings. The lowest BCUT2D eigenvalue weighted by Crippen LogP contribution is -2.33. The molecular weight excluding hydrogens is 298 g/mol. The van der Waals surface area contributed by atoms with Gasteiger partial charge in [0.1, 0.15) is 18.4 Å². The standard InChI is InChI=1S/C13H16BrNO3/c1-9(14)8-18-11-5-3-10(4-6-11)7-12(15)13(16)17-2/h3-6,12H,1,7-8,15H2,2H3. The van der Waals surface area contributed by atoms with Crippen molar-refractivity contribution >= 4 is 21.9 Å². The van der Waals surface area contributed by atoms with Gasteiger partial charge in [0, 0.05) is 4.48 Å². The van der Waals surface area contributed by atoms with Crippen molar-refractivity contribution in [2.24, 2.45) is 5.73 Å². The number of benzene rings is 1. The van der Waals surface area contributed by atoms with Gasteiger partial charge in [-0.15, -0.1) is 0 Å². The van der Waals surface area contributed by atoms with Crippen LogP contribution in [-0.2, 0) is 16.0 Å². The van der Waals surface area contributed by atoms with Crippen LogP contribution in [0.5, 0.6) is 5.75 Å². The fourth-order valence-corrected chi connectivity index (χ4v) is 1.49. The topological polar surface area (TPSA) is 61.5 Å². The quantitative estimate of drug-likeness (QED) is 0.816. The van der Waals surface area contributed by atoms with E-state index in [0.29, 0.717) is 13.0 Å². The Balaban J connectivity index is 2.54. The molecule has 0 aliphatic heterocycles. The Morgan fingerprint density at radius 1 is 1.44 bits per heavy atom. The van der Waals surface area contributed by atoms with Crippen molar-refractivity contribution in [3.05, 3.63) is 40.9 Å². The number of methoxy groups -OCH3 is 1. The van der Waals surface area contributed by atoms with Gasteiger partial charge in [-0.25, -0.2) is 0 Å². The van der Waals surface area contributed by atoms with Gasteiger partial charge < -0.3 is 15.2 Å². The van der Waals surface area contributed by atoms with Gasteiger partial charge in [0.05, 0.1) is 7.11 Å². The first-order chi connectivity index (χ1) is 8.52. The summed E-state index contributed by atoms with van der Waals surface area (Å²) in [5.74, 6) is 0.330. The molecule has 18 heavy (non-hydrogen) atoms. The number of esters is 1. The molecule has 0 amide bonds. The molecule has 0 radical (unpaired) electrons. The molecule has 0 aromatic heterocycles. The van der Waals surface area contributed by atoms with Gasteiger partial charge in [-0.3, -0.25) is 4.79 Å². The highest BCUT2D eigenvalue weighted by atomic mass is 79.9. The molecule has 0 saturated carbocycles. The molecule has 1 atom stereocenters. The molecule has 0 aliphatic rings. The Labute approximate surface area is 115 Å². The van der Waals surface area contributed by atoms with Gasteiger partial charge >= 0.3 is 5.97 Å². The lowest BCUT2D eigenvalue weighted by atomic mass is 10.1. The van der Waals surface area contributed by atoms with E-state index in [1.54, 1.807) is 0 Å². The summed E-state index contributed by atoms with van der Waals surface area (Å²) in [6.07, 6.45) is 0.443. The Morgan fingerprint density at radius 3 is 2.56 bits per heavy atom. The molecule has 5 heteroatoms. The minimum Gasteiger partial charge on any atom is -0.488 e. The average molecular weight is 314 g/mol. The Kier molecular flexibility index (Phi) is 5.88. The second-order valence-electron chi connectivity index (χ2n) is 3.78. The summed E-state index contributed by atoms with van der Waals surface area (Å²) in [6, 6.07) is 6.76. The third-order valence-electron chi connectivity index (χ3n) is 2.28. The number of hydrogen-bond donors (Lipinski definition) is 1. The van der Waals surface area contributed by atoms with Crippen LogP contribution < -0.4 is 10.5 Å². The van der Waals surface area contributed by atoms with E-state index in [2.05, 4.69) is 27.2 Å². The maximum atomic E-state index is 11.2. The normalized spacial score (nSPS) is 11.7. The number of nitrogens with two attached hydrogens (primary N) is 1. The minimum atomic E-state index is -0.635. The van der Waals surface area contributed by atoms with E-state index in [0.717, 1.165) is 15.8 Å². The van der Waals surface area contributed by atoms with Crippen molar-refractivity contribution in [1.82, 2.24) is 0 Å². The third kappa shape index (κ3) is 4.89. The van der Waals surface area contributed by atoms with Crippen LogP contribution in [0.25, 0.3) is 0 Å².